The molecule has 8 atom stereocenters. The van der Waals surface area contributed by atoms with Crippen LogP contribution in [0.4, 0.5) is 0 Å². The van der Waals surface area contributed by atoms with Gasteiger partial charge in [-0.3, -0.25) is 0 Å². The Morgan fingerprint density at radius 2 is 1.07 bits per heavy atom. The highest BCUT2D eigenvalue weighted by Gasteiger charge is 2.68. The van der Waals surface area contributed by atoms with Gasteiger partial charge in [-0.1, -0.05) is 36.4 Å². The minimum Gasteiger partial charge on any atom is -0.455 e. The molecule has 4 aliphatic rings. The fourth-order valence-corrected chi connectivity index (χ4v) is 7.31. The normalized spacial score (nSPS) is 37.7. The van der Waals surface area contributed by atoms with Gasteiger partial charge in [-0.05, 0) is 73.6 Å². The summed E-state index contributed by atoms with van der Waals surface area (Å²) in [6.45, 7) is 0. The SMILES string of the molecule is O=C(OC1C(OC(=O)c2ccccc2)[C@@H]2C[C@H]1C1C2[C@@H]2CC[C@H]1C2)c1ccccc1. The number of ether oxygens (including phenoxy) is 2. The zero-order valence-corrected chi connectivity index (χ0v) is 16.9. The number of benzene rings is 2. The Labute approximate surface area is 176 Å². The minimum absolute atomic E-state index is 0.311. The Morgan fingerprint density at radius 3 is 1.50 bits per heavy atom. The number of carbonyl (C=O) groups excluding carboxylic acids is 2. The van der Waals surface area contributed by atoms with Crippen molar-refractivity contribution in [3.05, 3.63) is 71.8 Å². The molecule has 0 amide bonds. The third-order valence-electron chi connectivity index (χ3n) is 8.25. The smallest absolute Gasteiger partial charge is 0.338 e. The number of carbonyl (C=O) groups is 2. The maximum atomic E-state index is 12.9. The highest BCUT2D eigenvalue weighted by atomic mass is 16.6. The molecule has 0 saturated heterocycles. The lowest BCUT2D eigenvalue weighted by Crippen LogP contribution is -2.48. The summed E-state index contributed by atoms with van der Waals surface area (Å²) in [5.41, 5.74) is 1.11. The second kappa shape index (κ2) is 6.97. The quantitative estimate of drug-likeness (QED) is 0.547. The van der Waals surface area contributed by atoms with Gasteiger partial charge < -0.3 is 9.47 Å². The fraction of sp³-hybridized carbons (Fsp3) is 0.462. The molecule has 4 heteroatoms. The topological polar surface area (TPSA) is 52.6 Å². The second-order valence-corrected chi connectivity index (χ2v) is 9.52. The summed E-state index contributed by atoms with van der Waals surface area (Å²) in [5.74, 6) is 2.80. The first-order valence-corrected chi connectivity index (χ1v) is 11.2. The molecule has 154 valence electrons. The van der Waals surface area contributed by atoms with Crippen LogP contribution in [0.5, 0.6) is 0 Å². The van der Waals surface area contributed by atoms with Gasteiger partial charge in [0.05, 0.1) is 11.1 Å². The number of esters is 2. The van der Waals surface area contributed by atoms with E-state index < -0.39 is 0 Å². The fourth-order valence-electron chi connectivity index (χ4n) is 7.31. The van der Waals surface area contributed by atoms with Gasteiger partial charge in [0.25, 0.3) is 0 Å². The van der Waals surface area contributed by atoms with Crippen molar-refractivity contribution in [1.82, 2.24) is 0 Å². The van der Waals surface area contributed by atoms with Gasteiger partial charge in [0.15, 0.2) is 0 Å². The van der Waals surface area contributed by atoms with E-state index in [1.54, 1.807) is 24.3 Å². The van der Waals surface area contributed by atoms with Crippen molar-refractivity contribution in [2.45, 2.75) is 37.9 Å². The Bertz CT molecular complexity index is 878. The molecular weight excluding hydrogens is 376 g/mol. The molecule has 4 saturated carbocycles. The number of hydrogen-bond acceptors (Lipinski definition) is 4. The van der Waals surface area contributed by atoms with E-state index in [1.165, 1.54) is 19.3 Å². The molecule has 4 bridgehead atoms. The Kier molecular flexibility index (Phi) is 4.22. The van der Waals surface area contributed by atoms with Crippen LogP contribution in [0, 0.1) is 35.5 Å². The molecule has 2 aromatic carbocycles. The third kappa shape index (κ3) is 2.73. The lowest BCUT2D eigenvalue weighted by atomic mass is 9.69. The lowest BCUT2D eigenvalue weighted by molar-refractivity contribution is -0.0891. The third-order valence-corrected chi connectivity index (χ3v) is 8.25. The maximum Gasteiger partial charge on any atom is 0.338 e. The van der Waals surface area contributed by atoms with E-state index in [4.69, 9.17) is 9.47 Å². The number of fused-ring (bicyclic) bond motifs is 9. The van der Waals surface area contributed by atoms with Crippen LogP contribution in [0.2, 0.25) is 0 Å². The van der Waals surface area contributed by atoms with Gasteiger partial charge in [0.2, 0.25) is 0 Å². The van der Waals surface area contributed by atoms with E-state index in [-0.39, 0.29) is 24.1 Å². The molecule has 4 nitrogen and oxygen atoms in total. The van der Waals surface area contributed by atoms with E-state index >= 15 is 0 Å². The zero-order valence-electron chi connectivity index (χ0n) is 16.9. The average Bonchev–Trinajstić information content (AvgIpc) is 3.55. The van der Waals surface area contributed by atoms with Crippen LogP contribution in [-0.2, 0) is 9.47 Å². The first kappa shape index (κ1) is 18.2. The Balaban J connectivity index is 1.28. The van der Waals surface area contributed by atoms with Gasteiger partial charge in [0, 0.05) is 11.8 Å². The number of rotatable bonds is 4. The van der Waals surface area contributed by atoms with E-state index in [0.717, 1.165) is 18.3 Å². The summed E-state index contributed by atoms with van der Waals surface area (Å²) in [5, 5.41) is 0. The maximum absolute atomic E-state index is 12.9. The van der Waals surface area contributed by atoms with Gasteiger partial charge in [-0.15, -0.1) is 0 Å². The molecule has 0 aliphatic heterocycles. The average molecular weight is 402 g/mol. The van der Waals surface area contributed by atoms with Crippen molar-refractivity contribution in [3.8, 4) is 0 Å². The van der Waals surface area contributed by atoms with Gasteiger partial charge in [-0.25, -0.2) is 9.59 Å². The molecular formula is C26H26O4. The van der Waals surface area contributed by atoms with Crippen LogP contribution in [0.3, 0.4) is 0 Å². The highest BCUT2D eigenvalue weighted by Crippen LogP contribution is 2.68. The molecule has 6 rings (SSSR count). The summed E-state index contributed by atoms with van der Waals surface area (Å²) in [6.07, 6.45) is 4.26. The van der Waals surface area contributed by atoms with Crippen LogP contribution < -0.4 is 0 Å². The lowest BCUT2D eigenvalue weighted by Gasteiger charge is -2.42. The van der Waals surface area contributed by atoms with Gasteiger partial charge in [-0.2, -0.15) is 0 Å². The zero-order chi connectivity index (χ0) is 20.2. The standard InChI is InChI=1S/C26H26O4/c27-25(15-7-3-1-4-8-15)29-23-19-14-20(22-18-12-11-17(13-18)21(19)22)24(23)30-26(28)16-9-5-2-6-10-16/h1-10,17-24H,11-14H2/t17-,18+,19-,20+,21?,22?,23?,24?. The van der Waals surface area contributed by atoms with Crippen molar-refractivity contribution in [1.29, 1.82) is 0 Å². The van der Waals surface area contributed by atoms with Gasteiger partial charge in [0.1, 0.15) is 12.2 Å². The molecule has 4 fully saturated rings. The summed E-state index contributed by atoms with van der Waals surface area (Å²) < 4.78 is 12.2. The molecule has 0 heterocycles. The van der Waals surface area contributed by atoms with Crippen LogP contribution >= 0.6 is 0 Å². The second-order valence-electron chi connectivity index (χ2n) is 9.52. The molecule has 0 radical (unpaired) electrons. The number of hydrogen-bond donors (Lipinski definition) is 0. The van der Waals surface area contributed by atoms with Crippen LogP contribution in [0.25, 0.3) is 0 Å². The molecule has 4 aliphatic carbocycles. The van der Waals surface area contributed by atoms with Crippen LogP contribution in [0.15, 0.2) is 60.7 Å². The first-order valence-electron chi connectivity index (χ1n) is 11.2. The first-order chi connectivity index (χ1) is 14.7. The van der Waals surface area contributed by atoms with Crippen molar-refractivity contribution < 1.29 is 19.1 Å². The van der Waals surface area contributed by atoms with Crippen LogP contribution in [-0.4, -0.2) is 24.1 Å². The molecule has 4 unspecified atom stereocenters. The summed E-state index contributed by atoms with van der Waals surface area (Å²) in [7, 11) is 0. The summed E-state index contributed by atoms with van der Waals surface area (Å²) in [6, 6.07) is 18.3. The molecule has 0 spiro atoms. The molecule has 0 aromatic heterocycles. The molecule has 2 aromatic rings. The predicted octanol–water partition coefficient (Wildman–Crippen LogP) is 4.75. The van der Waals surface area contributed by atoms with Crippen molar-refractivity contribution in [2.24, 2.45) is 35.5 Å². The predicted molar refractivity (Wildman–Crippen MR) is 111 cm³/mol. The van der Waals surface area contributed by atoms with E-state index in [9.17, 15) is 9.59 Å². The van der Waals surface area contributed by atoms with E-state index in [0.29, 0.717) is 34.8 Å². The minimum atomic E-state index is -0.337. The highest BCUT2D eigenvalue weighted by molar-refractivity contribution is 5.90. The summed E-state index contributed by atoms with van der Waals surface area (Å²) >= 11 is 0. The van der Waals surface area contributed by atoms with E-state index in [2.05, 4.69) is 0 Å². The van der Waals surface area contributed by atoms with E-state index in [1.807, 2.05) is 36.4 Å². The Morgan fingerprint density at radius 1 is 0.633 bits per heavy atom. The van der Waals surface area contributed by atoms with Crippen molar-refractivity contribution >= 4 is 11.9 Å². The monoisotopic (exact) mass is 402 g/mol. The molecule has 0 N–H and O–H groups in total. The van der Waals surface area contributed by atoms with Crippen LogP contribution in [0.1, 0.15) is 46.4 Å². The largest absolute Gasteiger partial charge is 0.455 e. The Hall–Kier alpha value is -2.62. The molecule has 30 heavy (non-hydrogen) atoms. The van der Waals surface area contributed by atoms with Crippen molar-refractivity contribution in [3.63, 3.8) is 0 Å². The van der Waals surface area contributed by atoms with Gasteiger partial charge >= 0.3 is 11.9 Å². The van der Waals surface area contributed by atoms with Crippen molar-refractivity contribution in [2.75, 3.05) is 0 Å². The summed E-state index contributed by atoms with van der Waals surface area (Å²) in [4.78, 5) is 25.7.